The Balaban J connectivity index is 1.41. The maximum atomic E-state index is 13.6. The highest BCUT2D eigenvalue weighted by Crippen LogP contribution is 2.35. The van der Waals surface area contributed by atoms with E-state index in [9.17, 15) is 14.4 Å². The lowest BCUT2D eigenvalue weighted by atomic mass is 10.0. The van der Waals surface area contributed by atoms with Gasteiger partial charge in [-0.15, -0.1) is 0 Å². The Kier molecular flexibility index (Phi) is 6.33. The van der Waals surface area contributed by atoms with Gasteiger partial charge in [-0.05, 0) is 48.7 Å². The topological polar surface area (TPSA) is 94.2 Å². The van der Waals surface area contributed by atoms with Crippen molar-refractivity contribution in [2.24, 2.45) is 0 Å². The van der Waals surface area contributed by atoms with Crippen molar-refractivity contribution in [3.63, 3.8) is 0 Å². The fourth-order valence-electron chi connectivity index (χ4n) is 4.48. The first-order valence-electron chi connectivity index (χ1n) is 11.8. The van der Waals surface area contributed by atoms with Gasteiger partial charge in [0.05, 0.1) is 17.2 Å². The Labute approximate surface area is 208 Å². The second-order valence-corrected chi connectivity index (χ2v) is 8.95. The van der Waals surface area contributed by atoms with Crippen LogP contribution in [0.2, 0.25) is 0 Å². The summed E-state index contributed by atoms with van der Waals surface area (Å²) in [5, 5.41) is 2.96. The van der Waals surface area contributed by atoms with Crippen molar-refractivity contribution in [2.45, 2.75) is 39.1 Å². The summed E-state index contributed by atoms with van der Waals surface area (Å²) in [6.07, 6.45) is -0.319. The van der Waals surface area contributed by atoms with Gasteiger partial charge >= 0.3 is 5.97 Å². The quantitative estimate of drug-likeness (QED) is 0.508. The third-order valence-electron chi connectivity index (χ3n) is 6.11. The molecule has 5 rings (SSSR count). The normalized spacial score (nSPS) is 14.5. The predicted octanol–water partition coefficient (Wildman–Crippen LogP) is 3.99. The van der Waals surface area contributed by atoms with Gasteiger partial charge in [-0.25, -0.2) is 4.79 Å². The fraction of sp³-hybridized carbons (Fsp3) is 0.250. The molecule has 2 amide bonds. The molecule has 0 bridgehead atoms. The molecular weight excluding hydrogens is 460 g/mol. The summed E-state index contributed by atoms with van der Waals surface area (Å²) in [4.78, 5) is 41.4. The van der Waals surface area contributed by atoms with Crippen LogP contribution in [0.5, 0.6) is 11.5 Å². The number of nitrogens with zero attached hydrogens (tertiary/aromatic N) is 1. The summed E-state index contributed by atoms with van der Waals surface area (Å²) in [5.74, 6) is 0.0343. The van der Waals surface area contributed by atoms with Crippen LogP contribution < -0.4 is 14.8 Å². The highest BCUT2D eigenvalue weighted by atomic mass is 16.7. The molecule has 0 aromatic heterocycles. The molecule has 0 fully saturated rings. The molecular formula is C28H26N2O6. The molecule has 0 aliphatic carbocycles. The van der Waals surface area contributed by atoms with E-state index in [-0.39, 0.29) is 48.9 Å². The fourth-order valence-corrected chi connectivity index (χ4v) is 4.48. The minimum absolute atomic E-state index is 0.172. The van der Waals surface area contributed by atoms with Crippen molar-refractivity contribution < 1.29 is 28.6 Å². The summed E-state index contributed by atoms with van der Waals surface area (Å²) in [7, 11) is 0. The van der Waals surface area contributed by atoms with Gasteiger partial charge in [0.1, 0.15) is 6.04 Å². The van der Waals surface area contributed by atoms with Crippen molar-refractivity contribution in [1.29, 1.82) is 0 Å². The van der Waals surface area contributed by atoms with E-state index in [1.807, 2.05) is 42.5 Å². The zero-order chi connectivity index (χ0) is 25.2. The van der Waals surface area contributed by atoms with Crippen LogP contribution in [0.25, 0.3) is 0 Å². The van der Waals surface area contributed by atoms with Gasteiger partial charge in [-0.3, -0.25) is 9.59 Å². The van der Waals surface area contributed by atoms with E-state index in [1.54, 1.807) is 38.1 Å². The van der Waals surface area contributed by atoms with Crippen LogP contribution in [0.3, 0.4) is 0 Å². The maximum Gasteiger partial charge on any atom is 0.339 e. The number of fused-ring (bicyclic) bond motifs is 2. The Morgan fingerprint density at radius 3 is 2.56 bits per heavy atom. The van der Waals surface area contributed by atoms with E-state index in [0.717, 1.165) is 5.56 Å². The number of carbonyl (C=O) groups excluding carboxylic acids is 3. The number of ether oxygens (including phenoxy) is 3. The van der Waals surface area contributed by atoms with Crippen molar-refractivity contribution in [3.8, 4) is 11.5 Å². The predicted molar refractivity (Wildman–Crippen MR) is 130 cm³/mol. The van der Waals surface area contributed by atoms with E-state index in [2.05, 4.69) is 5.32 Å². The molecule has 36 heavy (non-hydrogen) atoms. The van der Waals surface area contributed by atoms with Crippen LogP contribution in [0.15, 0.2) is 66.7 Å². The molecule has 184 valence electrons. The Morgan fingerprint density at radius 1 is 1.00 bits per heavy atom. The molecule has 1 atom stereocenters. The maximum absolute atomic E-state index is 13.6. The zero-order valence-electron chi connectivity index (χ0n) is 20.0. The number of nitrogens with one attached hydrogen (secondary N) is 1. The molecule has 0 saturated heterocycles. The highest BCUT2D eigenvalue weighted by Gasteiger charge is 2.39. The highest BCUT2D eigenvalue weighted by molar-refractivity contribution is 6.09. The van der Waals surface area contributed by atoms with E-state index in [0.29, 0.717) is 22.6 Å². The SMILES string of the molecule is CC(C)OC(=O)c1cccc2c1C(=O)N(C(C(=O)NCc1ccc3c(c1)OCO3)c1ccccc1)C2. The second-order valence-electron chi connectivity index (χ2n) is 8.95. The van der Waals surface area contributed by atoms with Gasteiger partial charge in [0.25, 0.3) is 5.91 Å². The van der Waals surface area contributed by atoms with Gasteiger partial charge in [-0.2, -0.15) is 0 Å². The lowest BCUT2D eigenvalue weighted by Gasteiger charge is -2.27. The first-order chi connectivity index (χ1) is 17.4. The number of carbonyl (C=O) groups is 3. The lowest BCUT2D eigenvalue weighted by molar-refractivity contribution is -0.126. The third kappa shape index (κ3) is 4.49. The number of esters is 1. The van der Waals surface area contributed by atoms with Crippen LogP contribution in [-0.2, 0) is 22.6 Å². The first kappa shape index (κ1) is 23.4. The largest absolute Gasteiger partial charge is 0.459 e. The standard InChI is InChI=1S/C28H26N2O6/c1-17(2)36-28(33)21-10-6-9-20-15-30(27(32)24(20)21)25(19-7-4-3-5-8-19)26(31)29-14-18-11-12-22-23(13-18)35-16-34-22/h3-13,17,25H,14-16H2,1-2H3,(H,29,31). The van der Waals surface area contributed by atoms with E-state index in [4.69, 9.17) is 14.2 Å². The molecule has 8 heteroatoms. The molecule has 0 spiro atoms. The van der Waals surface area contributed by atoms with E-state index >= 15 is 0 Å². The average molecular weight is 487 g/mol. The van der Waals surface area contributed by atoms with E-state index < -0.39 is 12.0 Å². The molecule has 3 aromatic carbocycles. The summed E-state index contributed by atoms with van der Waals surface area (Å²) in [5.41, 5.74) is 2.69. The monoisotopic (exact) mass is 486 g/mol. The Morgan fingerprint density at radius 2 is 1.78 bits per heavy atom. The van der Waals surface area contributed by atoms with Gasteiger partial charge < -0.3 is 24.4 Å². The van der Waals surface area contributed by atoms with Crippen LogP contribution in [-0.4, -0.2) is 35.6 Å². The van der Waals surface area contributed by atoms with Crippen molar-refractivity contribution in [2.75, 3.05) is 6.79 Å². The molecule has 3 aromatic rings. The molecule has 1 N–H and O–H groups in total. The number of amides is 2. The smallest absolute Gasteiger partial charge is 0.339 e. The lowest BCUT2D eigenvalue weighted by Crippen LogP contribution is -2.40. The third-order valence-corrected chi connectivity index (χ3v) is 6.11. The molecule has 2 heterocycles. The Bertz CT molecular complexity index is 1320. The minimum atomic E-state index is -0.880. The number of hydrogen-bond donors (Lipinski definition) is 1. The molecule has 2 aliphatic rings. The number of hydrogen-bond acceptors (Lipinski definition) is 6. The first-order valence-corrected chi connectivity index (χ1v) is 11.8. The van der Waals surface area contributed by atoms with Gasteiger partial charge in [0, 0.05) is 13.1 Å². The van der Waals surface area contributed by atoms with Gasteiger partial charge in [0.2, 0.25) is 12.7 Å². The molecule has 8 nitrogen and oxygen atoms in total. The summed E-state index contributed by atoms with van der Waals surface area (Å²) in [6, 6.07) is 18.8. The molecule has 0 saturated carbocycles. The summed E-state index contributed by atoms with van der Waals surface area (Å²) >= 11 is 0. The zero-order valence-corrected chi connectivity index (χ0v) is 20.0. The van der Waals surface area contributed by atoms with Crippen LogP contribution in [0.4, 0.5) is 0 Å². The van der Waals surface area contributed by atoms with Crippen molar-refractivity contribution in [3.05, 3.63) is 94.5 Å². The number of benzene rings is 3. The molecule has 1 unspecified atom stereocenters. The van der Waals surface area contributed by atoms with E-state index in [1.165, 1.54) is 4.90 Å². The van der Waals surface area contributed by atoms with Crippen molar-refractivity contribution >= 4 is 17.8 Å². The van der Waals surface area contributed by atoms with Crippen LogP contribution in [0, 0.1) is 0 Å². The number of rotatable bonds is 7. The summed E-state index contributed by atoms with van der Waals surface area (Å²) < 4.78 is 16.1. The van der Waals surface area contributed by atoms with Crippen LogP contribution in [0.1, 0.15) is 57.3 Å². The van der Waals surface area contributed by atoms with Crippen LogP contribution >= 0.6 is 0 Å². The molecule has 2 aliphatic heterocycles. The van der Waals surface area contributed by atoms with Crippen molar-refractivity contribution in [1.82, 2.24) is 10.2 Å². The van der Waals surface area contributed by atoms with Gasteiger partial charge in [0.15, 0.2) is 11.5 Å². The average Bonchev–Trinajstić information content (AvgIpc) is 3.47. The minimum Gasteiger partial charge on any atom is -0.459 e. The second kappa shape index (κ2) is 9.73. The summed E-state index contributed by atoms with van der Waals surface area (Å²) in [6.45, 7) is 4.13. The Hall–Kier alpha value is -4.33. The molecule has 0 radical (unpaired) electrons. The van der Waals surface area contributed by atoms with Gasteiger partial charge in [-0.1, -0.05) is 48.5 Å².